The molecule has 5 nitrogen and oxygen atoms in total. The van der Waals surface area contributed by atoms with Crippen LogP contribution in [0.25, 0.3) is 0 Å². The minimum absolute atomic E-state index is 0.0168. The predicted octanol–water partition coefficient (Wildman–Crippen LogP) is 4.22. The van der Waals surface area contributed by atoms with Crippen molar-refractivity contribution in [2.75, 3.05) is 6.54 Å². The van der Waals surface area contributed by atoms with Gasteiger partial charge in [0.1, 0.15) is 0 Å². The minimum atomic E-state index is -0.346. The van der Waals surface area contributed by atoms with Crippen molar-refractivity contribution in [1.82, 2.24) is 10.3 Å². The van der Waals surface area contributed by atoms with Crippen molar-refractivity contribution < 1.29 is 9.90 Å². The van der Waals surface area contributed by atoms with Crippen molar-refractivity contribution >= 4 is 17.2 Å². The van der Waals surface area contributed by atoms with Crippen LogP contribution in [0.4, 0.5) is 0 Å². The first-order chi connectivity index (χ1) is 15.6. The predicted molar refractivity (Wildman–Crippen MR) is 127 cm³/mol. The van der Waals surface area contributed by atoms with Gasteiger partial charge in [0.05, 0.1) is 10.8 Å². The van der Waals surface area contributed by atoms with Gasteiger partial charge in [0, 0.05) is 13.0 Å². The van der Waals surface area contributed by atoms with E-state index in [1.165, 1.54) is 0 Å². The van der Waals surface area contributed by atoms with E-state index in [-0.39, 0.29) is 22.6 Å². The number of carbonyl (C=O) groups is 1. The third-order valence-corrected chi connectivity index (χ3v) is 6.20. The molecular weight excluding hydrogens is 420 g/mol. The molecule has 4 aromatic rings. The standard InChI is InChI=1S/C26H24N2O3S/c29-24-22(32-26(31)28-24)17-19-13-11-18(12-14-19)15-16-27-25(30)23(20-7-3-1-4-8-20)21-9-5-2-6-10-21/h1-14,23,29H,15-17H2,(H,27,30)(H,28,31). The summed E-state index contributed by atoms with van der Waals surface area (Å²) in [5.41, 5.74) is 4.06. The second kappa shape index (κ2) is 10.1. The molecular formula is C26H24N2O3S. The second-order valence-corrected chi connectivity index (χ2v) is 8.64. The summed E-state index contributed by atoms with van der Waals surface area (Å²) >= 11 is 1.02. The van der Waals surface area contributed by atoms with E-state index in [1.54, 1.807) is 0 Å². The summed E-state index contributed by atoms with van der Waals surface area (Å²) in [7, 11) is 0. The van der Waals surface area contributed by atoms with Crippen molar-refractivity contribution in [1.29, 1.82) is 0 Å². The second-order valence-electron chi connectivity index (χ2n) is 7.57. The molecule has 0 atom stereocenters. The Labute approximate surface area is 190 Å². The maximum absolute atomic E-state index is 13.1. The number of hydrogen-bond donors (Lipinski definition) is 3. The molecule has 0 spiro atoms. The highest BCUT2D eigenvalue weighted by Crippen LogP contribution is 2.25. The number of amides is 1. The van der Waals surface area contributed by atoms with Crippen LogP contribution in [-0.4, -0.2) is 22.5 Å². The summed E-state index contributed by atoms with van der Waals surface area (Å²) in [6.07, 6.45) is 1.22. The molecule has 0 radical (unpaired) electrons. The van der Waals surface area contributed by atoms with Crippen LogP contribution in [0.3, 0.4) is 0 Å². The van der Waals surface area contributed by atoms with Crippen LogP contribution in [0.5, 0.6) is 5.88 Å². The zero-order valence-corrected chi connectivity index (χ0v) is 18.3. The van der Waals surface area contributed by atoms with E-state index in [2.05, 4.69) is 10.3 Å². The van der Waals surface area contributed by atoms with Gasteiger partial charge in [-0.2, -0.15) is 0 Å². The third-order valence-electron chi connectivity index (χ3n) is 5.33. The van der Waals surface area contributed by atoms with Gasteiger partial charge in [0.15, 0.2) is 0 Å². The molecule has 0 aliphatic heterocycles. The Balaban J connectivity index is 1.37. The Morgan fingerprint density at radius 3 is 1.97 bits per heavy atom. The number of rotatable bonds is 8. The Kier molecular flexibility index (Phi) is 6.82. The first kappa shape index (κ1) is 21.6. The van der Waals surface area contributed by atoms with Crippen LogP contribution in [-0.2, 0) is 17.6 Å². The van der Waals surface area contributed by atoms with Crippen molar-refractivity contribution in [3.05, 3.63) is 122 Å². The fourth-order valence-corrected chi connectivity index (χ4v) is 4.46. The summed E-state index contributed by atoms with van der Waals surface area (Å²) in [4.78, 5) is 27.2. The molecule has 0 fully saturated rings. The van der Waals surface area contributed by atoms with E-state index >= 15 is 0 Å². The molecule has 1 heterocycles. The zero-order chi connectivity index (χ0) is 22.3. The number of aromatic nitrogens is 1. The number of aromatic amines is 1. The van der Waals surface area contributed by atoms with Gasteiger partial charge in [-0.25, -0.2) is 0 Å². The van der Waals surface area contributed by atoms with Gasteiger partial charge >= 0.3 is 4.87 Å². The van der Waals surface area contributed by atoms with Gasteiger partial charge in [0.2, 0.25) is 11.8 Å². The van der Waals surface area contributed by atoms with Gasteiger partial charge in [-0.1, -0.05) is 96.3 Å². The highest BCUT2D eigenvalue weighted by molar-refractivity contribution is 7.09. The van der Waals surface area contributed by atoms with Crippen molar-refractivity contribution in [2.45, 2.75) is 18.8 Å². The maximum Gasteiger partial charge on any atom is 0.307 e. The first-order valence-electron chi connectivity index (χ1n) is 10.5. The Hall–Kier alpha value is -3.64. The van der Waals surface area contributed by atoms with Gasteiger partial charge < -0.3 is 10.4 Å². The van der Waals surface area contributed by atoms with E-state index < -0.39 is 0 Å². The van der Waals surface area contributed by atoms with Gasteiger partial charge in [0.25, 0.3) is 0 Å². The number of H-pyrrole nitrogens is 1. The molecule has 162 valence electrons. The van der Waals surface area contributed by atoms with E-state index in [0.717, 1.165) is 33.6 Å². The molecule has 4 rings (SSSR count). The number of hydrogen-bond acceptors (Lipinski definition) is 4. The highest BCUT2D eigenvalue weighted by atomic mass is 32.1. The molecule has 3 aromatic carbocycles. The van der Waals surface area contributed by atoms with Crippen LogP contribution < -0.4 is 10.2 Å². The molecule has 1 aromatic heterocycles. The number of nitrogens with one attached hydrogen (secondary N) is 2. The molecule has 0 bridgehead atoms. The first-order valence-corrected chi connectivity index (χ1v) is 11.3. The Morgan fingerprint density at radius 2 is 1.44 bits per heavy atom. The normalized spacial score (nSPS) is 10.9. The summed E-state index contributed by atoms with van der Waals surface area (Å²) < 4.78 is 0. The molecule has 0 aliphatic rings. The molecule has 0 saturated carbocycles. The third kappa shape index (κ3) is 5.34. The quantitative estimate of drug-likeness (QED) is 0.381. The molecule has 0 unspecified atom stereocenters. The van der Waals surface area contributed by atoms with Crippen LogP contribution in [0.2, 0.25) is 0 Å². The largest absolute Gasteiger partial charge is 0.494 e. The molecule has 32 heavy (non-hydrogen) atoms. The molecule has 3 N–H and O–H groups in total. The topological polar surface area (TPSA) is 82.2 Å². The zero-order valence-electron chi connectivity index (χ0n) is 17.5. The van der Waals surface area contributed by atoms with E-state index in [0.29, 0.717) is 24.3 Å². The fourth-order valence-electron chi connectivity index (χ4n) is 3.70. The highest BCUT2D eigenvalue weighted by Gasteiger charge is 2.22. The van der Waals surface area contributed by atoms with Crippen molar-refractivity contribution in [3.63, 3.8) is 0 Å². The summed E-state index contributed by atoms with van der Waals surface area (Å²) in [5.74, 6) is -0.420. The van der Waals surface area contributed by atoms with Crippen LogP contribution in [0, 0.1) is 0 Å². The van der Waals surface area contributed by atoms with Gasteiger partial charge in [-0.05, 0) is 28.7 Å². The van der Waals surface area contributed by atoms with E-state index in [4.69, 9.17) is 0 Å². The van der Waals surface area contributed by atoms with Crippen LogP contribution in [0.1, 0.15) is 33.0 Å². The Bertz CT molecular complexity index is 1180. The van der Waals surface area contributed by atoms with Crippen molar-refractivity contribution in [2.24, 2.45) is 0 Å². The monoisotopic (exact) mass is 444 g/mol. The van der Waals surface area contributed by atoms with E-state index in [9.17, 15) is 14.7 Å². The fraction of sp³-hybridized carbons (Fsp3) is 0.154. The van der Waals surface area contributed by atoms with Crippen LogP contribution in [0.15, 0.2) is 89.7 Å². The average molecular weight is 445 g/mol. The van der Waals surface area contributed by atoms with Crippen LogP contribution >= 0.6 is 11.3 Å². The molecule has 0 saturated heterocycles. The van der Waals surface area contributed by atoms with Crippen molar-refractivity contribution in [3.8, 4) is 5.88 Å². The number of benzene rings is 3. The number of aromatic hydroxyl groups is 1. The molecule has 6 heteroatoms. The SMILES string of the molecule is O=C(NCCc1ccc(Cc2sc(=O)[nH]c2O)cc1)C(c1ccccc1)c1ccccc1. The summed E-state index contributed by atoms with van der Waals surface area (Å²) in [5, 5.41) is 12.8. The maximum atomic E-state index is 13.1. The van der Waals surface area contributed by atoms with Gasteiger partial charge in [-0.15, -0.1) is 0 Å². The number of thiazole rings is 1. The van der Waals surface area contributed by atoms with Gasteiger partial charge in [-0.3, -0.25) is 14.6 Å². The van der Waals surface area contributed by atoms with E-state index in [1.807, 2.05) is 84.9 Å². The lowest BCUT2D eigenvalue weighted by Gasteiger charge is -2.18. The smallest absolute Gasteiger partial charge is 0.307 e. The average Bonchev–Trinajstić information content (AvgIpc) is 3.13. The summed E-state index contributed by atoms with van der Waals surface area (Å²) in [6.45, 7) is 0.536. The lowest BCUT2D eigenvalue weighted by Crippen LogP contribution is -2.31. The molecule has 0 aliphatic carbocycles. The summed E-state index contributed by atoms with van der Waals surface area (Å²) in [6, 6.07) is 27.6. The minimum Gasteiger partial charge on any atom is -0.494 e. The number of carbonyl (C=O) groups excluding carboxylic acids is 1. The lowest BCUT2D eigenvalue weighted by molar-refractivity contribution is -0.121. The lowest BCUT2D eigenvalue weighted by atomic mass is 9.90. The molecule has 1 amide bonds. The Morgan fingerprint density at radius 1 is 0.875 bits per heavy atom.